The zero-order valence-electron chi connectivity index (χ0n) is 11.8. The molecule has 3 N–H and O–H groups in total. The van der Waals surface area contributed by atoms with E-state index in [-0.39, 0.29) is 6.04 Å². The molecule has 5 heteroatoms. The highest BCUT2D eigenvalue weighted by atomic mass is 35.5. The topological polar surface area (TPSA) is 47.3 Å². The minimum atomic E-state index is -0.0913. The number of halogens is 2. The molecule has 0 radical (unpaired) electrons. The Labute approximate surface area is 135 Å². The van der Waals surface area contributed by atoms with Crippen LogP contribution < -0.4 is 16.0 Å². The van der Waals surface area contributed by atoms with Gasteiger partial charge in [0.05, 0.1) is 12.6 Å². The van der Waals surface area contributed by atoms with Crippen molar-refractivity contribution in [2.45, 2.75) is 19.4 Å². The van der Waals surface area contributed by atoms with Crippen LogP contribution in [-0.4, -0.2) is 6.61 Å². The summed E-state index contributed by atoms with van der Waals surface area (Å²) in [4.78, 5) is 0. The highest BCUT2D eigenvalue weighted by Crippen LogP contribution is 2.30. The molecule has 0 saturated heterocycles. The fourth-order valence-corrected chi connectivity index (χ4v) is 2.71. The molecule has 0 spiro atoms. The van der Waals surface area contributed by atoms with Crippen LogP contribution in [0.5, 0.6) is 5.75 Å². The van der Waals surface area contributed by atoms with Gasteiger partial charge in [-0.3, -0.25) is 11.3 Å². The number of hydrazine groups is 1. The van der Waals surface area contributed by atoms with Gasteiger partial charge in [-0.2, -0.15) is 0 Å². The van der Waals surface area contributed by atoms with E-state index >= 15 is 0 Å². The Bertz CT molecular complexity index is 605. The molecule has 2 aromatic carbocycles. The van der Waals surface area contributed by atoms with Crippen LogP contribution >= 0.6 is 23.2 Å². The van der Waals surface area contributed by atoms with Crippen LogP contribution in [0.15, 0.2) is 42.5 Å². The third-order valence-corrected chi connectivity index (χ3v) is 3.82. The molecule has 2 rings (SSSR count). The second-order valence-electron chi connectivity index (χ2n) is 4.63. The standard InChI is InChI=1S/C16H18Cl2N2O/c1-2-21-16-6-4-3-5-13(16)15(20-19)9-11-7-8-12(17)10-14(11)18/h3-8,10,15,20H,2,9,19H2,1H3. The van der Waals surface area contributed by atoms with Crippen molar-refractivity contribution >= 4 is 23.2 Å². The molecule has 0 bridgehead atoms. The van der Waals surface area contributed by atoms with Crippen LogP contribution in [0.2, 0.25) is 10.0 Å². The summed E-state index contributed by atoms with van der Waals surface area (Å²) in [5, 5.41) is 1.26. The molecule has 0 aliphatic heterocycles. The first-order chi connectivity index (χ1) is 10.2. The Kier molecular flexibility index (Phi) is 5.88. The van der Waals surface area contributed by atoms with E-state index in [1.54, 1.807) is 6.07 Å². The first-order valence-electron chi connectivity index (χ1n) is 6.77. The molecule has 1 unspecified atom stereocenters. The van der Waals surface area contributed by atoms with Crippen molar-refractivity contribution in [3.8, 4) is 5.75 Å². The number of nitrogens with two attached hydrogens (primary N) is 1. The Hall–Kier alpha value is -1.26. The largest absolute Gasteiger partial charge is 0.494 e. The van der Waals surface area contributed by atoms with Gasteiger partial charge in [0.1, 0.15) is 5.75 Å². The number of rotatable bonds is 6. The predicted molar refractivity (Wildman–Crippen MR) is 87.8 cm³/mol. The van der Waals surface area contributed by atoms with Crippen molar-refractivity contribution in [2.75, 3.05) is 6.61 Å². The lowest BCUT2D eigenvalue weighted by atomic mass is 9.98. The average molecular weight is 325 g/mol. The first-order valence-corrected chi connectivity index (χ1v) is 7.53. The predicted octanol–water partition coefficient (Wildman–Crippen LogP) is 4.14. The molecule has 0 saturated carbocycles. The monoisotopic (exact) mass is 324 g/mol. The zero-order valence-corrected chi connectivity index (χ0v) is 13.3. The van der Waals surface area contributed by atoms with Crippen LogP contribution in [0.1, 0.15) is 24.1 Å². The van der Waals surface area contributed by atoms with E-state index in [1.165, 1.54) is 0 Å². The molecular formula is C16H18Cl2N2O. The molecule has 0 aromatic heterocycles. The maximum atomic E-state index is 6.23. The van der Waals surface area contributed by atoms with E-state index in [4.69, 9.17) is 33.8 Å². The average Bonchev–Trinajstić information content (AvgIpc) is 2.48. The van der Waals surface area contributed by atoms with Crippen LogP contribution in [-0.2, 0) is 6.42 Å². The number of hydrogen-bond acceptors (Lipinski definition) is 3. The summed E-state index contributed by atoms with van der Waals surface area (Å²) in [6.45, 7) is 2.56. The van der Waals surface area contributed by atoms with Gasteiger partial charge in [0, 0.05) is 15.6 Å². The van der Waals surface area contributed by atoms with Gasteiger partial charge in [0.25, 0.3) is 0 Å². The van der Waals surface area contributed by atoms with E-state index in [2.05, 4.69) is 5.43 Å². The minimum Gasteiger partial charge on any atom is -0.494 e. The summed E-state index contributed by atoms with van der Waals surface area (Å²) in [6, 6.07) is 13.2. The fourth-order valence-electron chi connectivity index (χ4n) is 2.22. The van der Waals surface area contributed by atoms with Crippen molar-refractivity contribution in [3.05, 3.63) is 63.6 Å². The molecule has 0 aliphatic rings. The maximum Gasteiger partial charge on any atom is 0.124 e. The summed E-state index contributed by atoms with van der Waals surface area (Å²) in [6.07, 6.45) is 0.649. The van der Waals surface area contributed by atoms with Gasteiger partial charge in [0.2, 0.25) is 0 Å². The minimum absolute atomic E-state index is 0.0913. The molecule has 112 valence electrons. The van der Waals surface area contributed by atoms with Gasteiger partial charge in [0.15, 0.2) is 0 Å². The number of para-hydroxylation sites is 1. The number of ether oxygens (including phenoxy) is 1. The fraction of sp³-hybridized carbons (Fsp3) is 0.250. The number of benzene rings is 2. The Morgan fingerprint density at radius 1 is 1.19 bits per heavy atom. The van der Waals surface area contributed by atoms with Gasteiger partial charge >= 0.3 is 0 Å². The summed E-state index contributed by atoms with van der Waals surface area (Å²) < 4.78 is 5.66. The smallest absolute Gasteiger partial charge is 0.124 e. The van der Waals surface area contributed by atoms with Crippen LogP contribution in [0.3, 0.4) is 0 Å². The van der Waals surface area contributed by atoms with Crippen LogP contribution in [0.25, 0.3) is 0 Å². The molecular weight excluding hydrogens is 307 g/mol. The van der Waals surface area contributed by atoms with E-state index < -0.39 is 0 Å². The van der Waals surface area contributed by atoms with Gasteiger partial charge in [-0.05, 0) is 37.1 Å². The van der Waals surface area contributed by atoms with Crippen molar-refractivity contribution in [1.82, 2.24) is 5.43 Å². The summed E-state index contributed by atoms with van der Waals surface area (Å²) in [7, 11) is 0. The Morgan fingerprint density at radius 3 is 2.62 bits per heavy atom. The first kappa shape index (κ1) is 16.1. The lowest BCUT2D eigenvalue weighted by molar-refractivity contribution is 0.331. The lowest BCUT2D eigenvalue weighted by Gasteiger charge is -2.20. The third-order valence-electron chi connectivity index (χ3n) is 3.23. The van der Waals surface area contributed by atoms with E-state index in [0.29, 0.717) is 23.1 Å². The molecule has 2 aromatic rings. The van der Waals surface area contributed by atoms with Gasteiger partial charge in [-0.25, -0.2) is 0 Å². The van der Waals surface area contributed by atoms with Gasteiger partial charge in [-0.1, -0.05) is 47.5 Å². The van der Waals surface area contributed by atoms with Crippen molar-refractivity contribution in [1.29, 1.82) is 0 Å². The van der Waals surface area contributed by atoms with Crippen LogP contribution in [0.4, 0.5) is 0 Å². The highest BCUT2D eigenvalue weighted by molar-refractivity contribution is 6.35. The normalized spacial score (nSPS) is 12.2. The van der Waals surface area contributed by atoms with E-state index in [9.17, 15) is 0 Å². The summed E-state index contributed by atoms with van der Waals surface area (Å²) in [5.41, 5.74) is 4.82. The van der Waals surface area contributed by atoms with Crippen molar-refractivity contribution < 1.29 is 4.74 Å². The van der Waals surface area contributed by atoms with Gasteiger partial charge < -0.3 is 4.74 Å². The Morgan fingerprint density at radius 2 is 1.95 bits per heavy atom. The molecule has 21 heavy (non-hydrogen) atoms. The molecule has 0 amide bonds. The molecule has 1 atom stereocenters. The van der Waals surface area contributed by atoms with Crippen LogP contribution in [0, 0.1) is 0 Å². The van der Waals surface area contributed by atoms with Gasteiger partial charge in [-0.15, -0.1) is 0 Å². The maximum absolute atomic E-state index is 6.23. The SMILES string of the molecule is CCOc1ccccc1C(Cc1ccc(Cl)cc1Cl)NN. The summed E-state index contributed by atoms with van der Waals surface area (Å²) >= 11 is 12.2. The second-order valence-corrected chi connectivity index (χ2v) is 5.47. The van der Waals surface area contributed by atoms with Crippen molar-refractivity contribution in [3.63, 3.8) is 0 Å². The number of hydrogen-bond donors (Lipinski definition) is 2. The lowest BCUT2D eigenvalue weighted by Crippen LogP contribution is -2.30. The molecule has 0 aliphatic carbocycles. The van der Waals surface area contributed by atoms with E-state index in [0.717, 1.165) is 16.9 Å². The van der Waals surface area contributed by atoms with Crippen molar-refractivity contribution in [2.24, 2.45) is 5.84 Å². The zero-order chi connectivity index (χ0) is 15.2. The molecule has 0 fully saturated rings. The second kappa shape index (κ2) is 7.66. The molecule has 3 nitrogen and oxygen atoms in total. The van der Waals surface area contributed by atoms with E-state index in [1.807, 2.05) is 43.3 Å². The third kappa shape index (κ3) is 4.11. The highest BCUT2D eigenvalue weighted by Gasteiger charge is 2.16. The number of nitrogens with one attached hydrogen (secondary N) is 1. The Balaban J connectivity index is 2.27. The quantitative estimate of drug-likeness (QED) is 0.620. The summed E-state index contributed by atoms with van der Waals surface area (Å²) in [5.74, 6) is 6.55. The molecule has 0 heterocycles.